The highest BCUT2D eigenvalue weighted by atomic mass is 15.3. The minimum absolute atomic E-state index is 0.0411. The maximum Gasteiger partial charge on any atom is 0.0669 e. The number of hydrogen-bond donors (Lipinski definition) is 0. The molecule has 1 fully saturated rings. The van der Waals surface area contributed by atoms with Gasteiger partial charge in [-0.2, -0.15) is 5.10 Å². The number of rotatable bonds is 4. The molecule has 0 bridgehead atoms. The van der Waals surface area contributed by atoms with Gasteiger partial charge in [0.2, 0.25) is 0 Å². The molecule has 188 valence electrons. The van der Waals surface area contributed by atoms with E-state index in [1.807, 2.05) is 23.9 Å². The molecule has 0 aliphatic heterocycles. The van der Waals surface area contributed by atoms with Crippen LogP contribution in [0, 0.1) is 13.8 Å². The number of aromatic nitrogens is 4. The first-order chi connectivity index (χ1) is 18.6. The molecular formula is C34H32N4. The van der Waals surface area contributed by atoms with E-state index in [4.69, 9.17) is 10.1 Å². The molecular weight excluding hydrogens is 464 g/mol. The van der Waals surface area contributed by atoms with Gasteiger partial charge in [0.25, 0.3) is 0 Å². The molecule has 1 aliphatic rings. The number of para-hydroxylation sites is 1. The first kappa shape index (κ1) is 23.0. The van der Waals surface area contributed by atoms with Gasteiger partial charge in [0.15, 0.2) is 0 Å². The summed E-state index contributed by atoms with van der Waals surface area (Å²) >= 11 is 0. The van der Waals surface area contributed by atoms with Crippen LogP contribution in [0.5, 0.6) is 0 Å². The summed E-state index contributed by atoms with van der Waals surface area (Å²) in [6, 6.07) is 33.2. The molecule has 0 unspecified atom stereocenters. The van der Waals surface area contributed by atoms with E-state index >= 15 is 0 Å². The highest BCUT2D eigenvalue weighted by molar-refractivity contribution is 6.09. The zero-order chi connectivity index (χ0) is 25.7. The topological polar surface area (TPSA) is 35.6 Å². The average Bonchev–Trinajstić information content (AvgIpc) is 3.49. The molecule has 1 aliphatic carbocycles. The van der Waals surface area contributed by atoms with Gasteiger partial charge in [-0.15, -0.1) is 0 Å². The van der Waals surface area contributed by atoms with Crippen LogP contribution in [0.1, 0.15) is 54.7 Å². The van der Waals surface area contributed by atoms with E-state index in [9.17, 15) is 0 Å². The van der Waals surface area contributed by atoms with Crippen molar-refractivity contribution < 1.29 is 0 Å². The molecule has 38 heavy (non-hydrogen) atoms. The molecule has 4 heteroatoms. The highest BCUT2D eigenvalue weighted by Gasteiger charge is 2.37. The predicted molar refractivity (Wildman–Crippen MR) is 155 cm³/mol. The molecule has 0 N–H and O–H groups in total. The predicted octanol–water partition coefficient (Wildman–Crippen LogP) is 8.23. The van der Waals surface area contributed by atoms with Gasteiger partial charge < -0.3 is 4.57 Å². The second-order valence-corrected chi connectivity index (χ2v) is 10.8. The lowest BCUT2D eigenvalue weighted by Crippen LogP contribution is -2.31. The van der Waals surface area contributed by atoms with Crippen molar-refractivity contribution in [1.29, 1.82) is 0 Å². The van der Waals surface area contributed by atoms with Gasteiger partial charge >= 0.3 is 0 Å². The van der Waals surface area contributed by atoms with Crippen LogP contribution in [-0.2, 0) is 5.41 Å². The Hall–Kier alpha value is -4.18. The van der Waals surface area contributed by atoms with Crippen LogP contribution < -0.4 is 0 Å². The summed E-state index contributed by atoms with van der Waals surface area (Å²) < 4.78 is 4.47. The minimum atomic E-state index is -0.0411. The van der Waals surface area contributed by atoms with Crippen LogP contribution in [0.2, 0.25) is 0 Å². The third kappa shape index (κ3) is 3.59. The molecule has 0 saturated heterocycles. The normalized spacial score (nSPS) is 15.3. The lowest BCUT2D eigenvalue weighted by molar-refractivity contribution is 0.339. The number of nitrogens with zero attached hydrogens (tertiary/aromatic N) is 4. The van der Waals surface area contributed by atoms with Crippen molar-refractivity contribution >= 4 is 21.8 Å². The van der Waals surface area contributed by atoms with Crippen molar-refractivity contribution in [3.05, 3.63) is 120 Å². The van der Waals surface area contributed by atoms with Gasteiger partial charge in [0.1, 0.15) is 0 Å². The Morgan fingerprint density at radius 1 is 0.684 bits per heavy atom. The van der Waals surface area contributed by atoms with Gasteiger partial charge in [0.05, 0.1) is 28.1 Å². The van der Waals surface area contributed by atoms with E-state index in [0.717, 1.165) is 35.6 Å². The van der Waals surface area contributed by atoms with E-state index in [2.05, 4.69) is 96.4 Å². The van der Waals surface area contributed by atoms with E-state index in [-0.39, 0.29) is 5.41 Å². The molecule has 0 radical (unpaired) electrons. The average molecular weight is 497 g/mol. The Morgan fingerprint density at radius 3 is 2.26 bits per heavy atom. The molecule has 7 rings (SSSR count). The quantitative estimate of drug-likeness (QED) is 0.246. The van der Waals surface area contributed by atoms with Crippen molar-refractivity contribution in [2.24, 2.45) is 0 Å². The van der Waals surface area contributed by atoms with E-state index in [1.54, 1.807) is 0 Å². The van der Waals surface area contributed by atoms with E-state index in [0.29, 0.717) is 0 Å². The van der Waals surface area contributed by atoms with Gasteiger partial charge in [-0.1, -0.05) is 61.7 Å². The number of benzene rings is 3. The molecule has 3 aromatic heterocycles. The first-order valence-electron chi connectivity index (χ1n) is 13.7. The fourth-order valence-electron chi connectivity index (χ4n) is 6.69. The Balaban J connectivity index is 1.48. The summed E-state index contributed by atoms with van der Waals surface area (Å²) in [5, 5.41) is 7.31. The Morgan fingerprint density at radius 2 is 1.47 bits per heavy atom. The third-order valence-electron chi connectivity index (χ3n) is 8.43. The van der Waals surface area contributed by atoms with Crippen LogP contribution in [0.25, 0.3) is 33.2 Å². The molecule has 0 atom stereocenters. The summed E-state index contributed by atoms with van der Waals surface area (Å²) in [6.07, 6.45) is 8.01. The summed E-state index contributed by atoms with van der Waals surface area (Å²) in [4.78, 5) is 4.89. The molecule has 0 spiro atoms. The standard InChI is InChI=1S/C34H32N4/c1-24-21-25(2)38(36-24)28-12-10-11-27(23-28)37-31-14-5-4-13-29(31)30-17-16-26(22-32(30)37)34(18-7-3-8-19-34)33-15-6-9-20-35-33/h4-6,9-17,20-23H,3,7-8,18-19H2,1-2H3. The number of pyridine rings is 1. The second-order valence-electron chi connectivity index (χ2n) is 10.8. The first-order valence-corrected chi connectivity index (χ1v) is 13.7. The molecule has 1 saturated carbocycles. The minimum Gasteiger partial charge on any atom is -0.309 e. The number of hydrogen-bond acceptors (Lipinski definition) is 2. The van der Waals surface area contributed by atoms with E-state index < -0.39 is 0 Å². The van der Waals surface area contributed by atoms with Crippen molar-refractivity contribution in [3.63, 3.8) is 0 Å². The number of aryl methyl sites for hydroxylation is 2. The molecule has 3 aromatic carbocycles. The third-order valence-corrected chi connectivity index (χ3v) is 8.43. The fourth-order valence-corrected chi connectivity index (χ4v) is 6.69. The second kappa shape index (κ2) is 8.98. The SMILES string of the molecule is Cc1cc(C)n(-c2cccc(-n3c4ccccc4c4ccc(C5(c6ccccn6)CCCCC5)cc43)c2)n1. The Kier molecular flexibility index (Phi) is 5.43. The van der Waals surface area contributed by atoms with Crippen molar-refractivity contribution in [2.45, 2.75) is 51.4 Å². The van der Waals surface area contributed by atoms with Crippen molar-refractivity contribution in [3.8, 4) is 11.4 Å². The summed E-state index contributed by atoms with van der Waals surface area (Å²) in [6.45, 7) is 4.16. The zero-order valence-electron chi connectivity index (χ0n) is 22.1. The Bertz CT molecular complexity index is 1770. The van der Waals surface area contributed by atoms with Crippen LogP contribution in [0.15, 0.2) is 97.2 Å². The highest BCUT2D eigenvalue weighted by Crippen LogP contribution is 2.45. The number of fused-ring (bicyclic) bond motifs is 3. The lowest BCUT2D eigenvalue weighted by atomic mass is 9.67. The lowest BCUT2D eigenvalue weighted by Gasteiger charge is -2.37. The van der Waals surface area contributed by atoms with Gasteiger partial charge in [-0.25, -0.2) is 4.68 Å². The molecule has 0 amide bonds. The summed E-state index contributed by atoms with van der Waals surface area (Å²) in [5.74, 6) is 0. The van der Waals surface area contributed by atoms with E-state index in [1.165, 1.54) is 52.3 Å². The maximum absolute atomic E-state index is 4.89. The smallest absolute Gasteiger partial charge is 0.0669 e. The largest absolute Gasteiger partial charge is 0.309 e. The van der Waals surface area contributed by atoms with Gasteiger partial charge in [-0.3, -0.25) is 4.98 Å². The zero-order valence-corrected chi connectivity index (χ0v) is 22.1. The van der Waals surface area contributed by atoms with Crippen LogP contribution in [0.3, 0.4) is 0 Å². The summed E-state index contributed by atoms with van der Waals surface area (Å²) in [7, 11) is 0. The van der Waals surface area contributed by atoms with Crippen LogP contribution in [-0.4, -0.2) is 19.3 Å². The molecule has 6 aromatic rings. The van der Waals surface area contributed by atoms with Crippen LogP contribution >= 0.6 is 0 Å². The van der Waals surface area contributed by atoms with Crippen LogP contribution in [0.4, 0.5) is 0 Å². The summed E-state index contributed by atoms with van der Waals surface area (Å²) in [5.41, 5.74) is 9.40. The van der Waals surface area contributed by atoms with Gasteiger partial charge in [0, 0.05) is 33.8 Å². The fraction of sp³-hybridized carbons (Fsp3) is 0.235. The molecule has 4 nitrogen and oxygen atoms in total. The monoisotopic (exact) mass is 496 g/mol. The van der Waals surface area contributed by atoms with Crippen molar-refractivity contribution in [1.82, 2.24) is 19.3 Å². The van der Waals surface area contributed by atoms with Crippen molar-refractivity contribution in [2.75, 3.05) is 0 Å². The molecule has 3 heterocycles. The Labute approximate surface area is 223 Å². The maximum atomic E-state index is 4.89. The van der Waals surface area contributed by atoms with Gasteiger partial charge in [-0.05, 0) is 80.8 Å².